The van der Waals surface area contributed by atoms with E-state index < -0.39 is 86.7 Å². The summed E-state index contributed by atoms with van der Waals surface area (Å²) in [6.45, 7) is 2.07. The maximum absolute atomic E-state index is 15.4. The van der Waals surface area contributed by atoms with E-state index in [-0.39, 0.29) is 30.5 Å². The van der Waals surface area contributed by atoms with Gasteiger partial charge in [0.15, 0.2) is 17.1 Å². The predicted molar refractivity (Wildman–Crippen MR) is 146 cm³/mol. The third kappa shape index (κ3) is 4.88. The smallest absolute Gasteiger partial charge is 0.255 e. The van der Waals surface area contributed by atoms with E-state index in [0.717, 1.165) is 31.7 Å². The van der Waals surface area contributed by atoms with Gasteiger partial charge in [-0.3, -0.25) is 24.1 Å². The number of primary amides is 1. The van der Waals surface area contributed by atoms with Gasteiger partial charge in [-0.25, -0.2) is 4.39 Å². The molecule has 0 saturated heterocycles. The van der Waals surface area contributed by atoms with Crippen LogP contribution in [0.3, 0.4) is 0 Å². The summed E-state index contributed by atoms with van der Waals surface area (Å²) in [5.41, 5.74) is 0.397. The summed E-state index contributed by atoms with van der Waals surface area (Å²) in [7, 11) is 2.98. The van der Waals surface area contributed by atoms with E-state index in [4.69, 9.17) is 5.73 Å². The van der Waals surface area contributed by atoms with Crippen molar-refractivity contribution in [3.05, 3.63) is 39.9 Å². The molecule has 0 heterocycles. The van der Waals surface area contributed by atoms with Crippen molar-refractivity contribution in [1.29, 1.82) is 0 Å². The van der Waals surface area contributed by atoms with Gasteiger partial charge in [-0.15, -0.1) is 0 Å². The van der Waals surface area contributed by atoms with Crippen LogP contribution in [-0.2, 0) is 25.6 Å². The number of rotatable bonds is 9. The van der Waals surface area contributed by atoms with Gasteiger partial charge in [0, 0.05) is 29.5 Å². The number of anilines is 1. The van der Waals surface area contributed by atoms with Gasteiger partial charge >= 0.3 is 0 Å². The topological polar surface area (TPSA) is 190 Å². The van der Waals surface area contributed by atoms with Crippen LogP contribution in [0.15, 0.2) is 23.0 Å². The van der Waals surface area contributed by atoms with Gasteiger partial charge in [0.05, 0.1) is 17.3 Å². The number of hydrogen-bond donors (Lipinski definition) is 6. The van der Waals surface area contributed by atoms with Crippen molar-refractivity contribution in [2.75, 3.05) is 19.4 Å². The first-order valence-corrected chi connectivity index (χ1v) is 13.8. The zero-order valence-corrected chi connectivity index (χ0v) is 23.3. The van der Waals surface area contributed by atoms with E-state index in [1.54, 1.807) is 0 Å². The van der Waals surface area contributed by atoms with Crippen molar-refractivity contribution >= 4 is 34.8 Å². The molecule has 0 bridgehead atoms. The Morgan fingerprint density at radius 2 is 1.80 bits per heavy atom. The van der Waals surface area contributed by atoms with Crippen LogP contribution in [0.5, 0.6) is 5.75 Å². The molecule has 2 amide bonds. The van der Waals surface area contributed by atoms with Crippen LogP contribution >= 0.6 is 0 Å². The van der Waals surface area contributed by atoms with Crippen molar-refractivity contribution in [2.45, 2.75) is 69.9 Å². The highest BCUT2D eigenvalue weighted by Gasteiger charge is 2.64. The van der Waals surface area contributed by atoms with Crippen molar-refractivity contribution < 1.29 is 44.0 Å². The zero-order valence-electron chi connectivity index (χ0n) is 23.3. The number of phenols is 1. The minimum atomic E-state index is -2.79. The van der Waals surface area contributed by atoms with Gasteiger partial charge in [0.25, 0.3) is 5.91 Å². The van der Waals surface area contributed by atoms with Crippen LogP contribution in [0.4, 0.5) is 10.1 Å². The zero-order chi connectivity index (χ0) is 30.4. The van der Waals surface area contributed by atoms with Gasteiger partial charge < -0.3 is 31.5 Å². The lowest BCUT2D eigenvalue weighted by atomic mass is 9.57. The molecule has 12 heteroatoms. The predicted octanol–water partition coefficient (Wildman–Crippen LogP) is 2.40. The number of phenolic OH excluding ortho intramolecular Hbond substituents is 1. The minimum Gasteiger partial charge on any atom is -0.508 e. The number of fused-ring (bicyclic) bond motifs is 3. The Balaban J connectivity index is 1.76. The lowest BCUT2D eigenvalue weighted by molar-refractivity contribution is -0.153. The quantitative estimate of drug-likeness (QED) is 0.146. The fourth-order valence-electron chi connectivity index (χ4n) is 6.46. The highest BCUT2D eigenvalue weighted by atomic mass is 19.1. The summed E-state index contributed by atoms with van der Waals surface area (Å²) >= 11 is 0. The second-order valence-corrected chi connectivity index (χ2v) is 11.3. The molecule has 41 heavy (non-hydrogen) atoms. The number of unbranched alkanes of at least 4 members (excludes halogenated alkanes) is 4. The molecule has 11 nitrogen and oxygen atoms in total. The molecule has 0 unspecified atom stereocenters. The Morgan fingerprint density at radius 1 is 1.15 bits per heavy atom. The van der Waals surface area contributed by atoms with Crippen LogP contribution in [0.2, 0.25) is 0 Å². The lowest BCUT2D eigenvalue weighted by Crippen LogP contribution is -2.65. The maximum atomic E-state index is 15.4. The first-order chi connectivity index (χ1) is 19.3. The van der Waals surface area contributed by atoms with Crippen LogP contribution in [0, 0.1) is 17.7 Å². The van der Waals surface area contributed by atoms with Crippen molar-refractivity contribution in [3.63, 3.8) is 0 Å². The van der Waals surface area contributed by atoms with E-state index in [9.17, 15) is 39.6 Å². The number of nitrogens with one attached hydrogen (secondary N) is 1. The van der Waals surface area contributed by atoms with E-state index in [2.05, 4.69) is 12.2 Å². The number of hydrogen-bond acceptors (Lipinski definition) is 9. The Kier molecular flexibility index (Phi) is 8.28. The molecule has 7 N–H and O–H groups in total. The highest BCUT2D eigenvalue weighted by molar-refractivity contribution is 6.24. The molecule has 0 aliphatic heterocycles. The number of benzene rings is 1. The summed E-state index contributed by atoms with van der Waals surface area (Å²) < 4.78 is 15.4. The Bertz CT molecular complexity index is 1380. The summed E-state index contributed by atoms with van der Waals surface area (Å²) in [4.78, 5) is 52.9. The molecular formula is C29H36FN3O8. The van der Waals surface area contributed by atoms with Crippen molar-refractivity contribution in [2.24, 2.45) is 17.6 Å². The van der Waals surface area contributed by atoms with E-state index in [0.29, 0.717) is 6.42 Å². The summed E-state index contributed by atoms with van der Waals surface area (Å²) in [6, 6.07) is -0.284. The molecular weight excluding hydrogens is 537 g/mol. The van der Waals surface area contributed by atoms with Crippen LogP contribution in [-0.4, -0.2) is 74.4 Å². The summed E-state index contributed by atoms with van der Waals surface area (Å²) in [6.07, 6.45) is 4.32. The Morgan fingerprint density at radius 3 is 2.41 bits per heavy atom. The molecule has 0 radical (unpaired) electrons. The number of likely N-dealkylation sites (N-methyl/N-ethyl adjacent to an activating group) is 1. The number of nitrogens with two attached hydrogens (primary N) is 1. The fraction of sp³-hybridized carbons (Fsp3) is 0.517. The van der Waals surface area contributed by atoms with E-state index in [1.165, 1.54) is 19.0 Å². The fourth-order valence-corrected chi connectivity index (χ4v) is 6.46. The number of aliphatic hydroxyl groups excluding tert-OH is 2. The molecule has 3 aliphatic carbocycles. The van der Waals surface area contributed by atoms with E-state index >= 15 is 4.39 Å². The Labute approximate surface area is 236 Å². The standard InChI is InChI=1S/C29H36FN3O8/c1-4-5-6-7-8-9-18(34)32-17-12-16(30)14-10-13-11-15-22(33(2)3)25(37)21(28(31)40)27(39)29(15,41)26(38)19(13)24(36)20(14)23(17)35/h12-13,15,22,35-36,39,41H,4-11H2,1-3H3,(H2,31,40)(H,32,34)/t13-,15-,22-,29-/m0/s1. The van der Waals surface area contributed by atoms with Gasteiger partial charge in [0.2, 0.25) is 11.7 Å². The second kappa shape index (κ2) is 11.2. The largest absolute Gasteiger partial charge is 0.508 e. The summed E-state index contributed by atoms with van der Waals surface area (Å²) in [5, 5.41) is 47.2. The molecule has 4 atom stereocenters. The number of Topliss-reactive ketones (excluding diaryl/α,β-unsaturated/α-hetero) is 2. The molecule has 222 valence electrons. The number of aliphatic hydroxyl groups is 3. The number of amides is 2. The number of halogens is 1. The minimum absolute atomic E-state index is 0.106. The lowest BCUT2D eigenvalue weighted by Gasteiger charge is -2.50. The SMILES string of the molecule is CCCCCCCC(=O)Nc1cc(F)c2c(c1O)C(O)=C1C(=O)[C@]3(O)C(O)=C(C(N)=O)C(=O)[C@@H](N(C)C)[C@@H]3C[C@@H]1C2. The normalized spacial score (nSPS) is 25.7. The second-order valence-electron chi connectivity index (χ2n) is 11.3. The highest BCUT2D eigenvalue weighted by Crippen LogP contribution is 2.53. The number of carbonyl (C=O) groups excluding carboxylic acids is 4. The number of nitrogens with zero attached hydrogens (tertiary/aromatic N) is 1. The molecule has 0 aromatic heterocycles. The van der Waals surface area contributed by atoms with Crippen molar-refractivity contribution in [1.82, 2.24) is 4.90 Å². The molecule has 1 saturated carbocycles. The first-order valence-electron chi connectivity index (χ1n) is 13.8. The van der Waals surface area contributed by atoms with Crippen LogP contribution in [0.25, 0.3) is 5.76 Å². The van der Waals surface area contributed by atoms with Gasteiger partial charge in [-0.1, -0.05) is 32.6 Å². The molecule has 3 aliphatic rings. The summed E-state index contributed by atoms with van der Waals surface area (Å²) in [5.74, 6) is -9.53. The van der Waals surface area contributed by atoms with Gasteiger partial charge in [0.1, 0.15) is 22.9 Å². The van der Waals surface area contributed by atoms with Crippen LogP contribution < -0.4 is 11.1 Å². The van der Waals surface area contributed by atoms with Crippen LogP contribution in [0.1, 0.15) is 63.0 Å². The molecule has 4 rings (SSSR count). The third-order valence-electron chi connectivity index (χ3n) is 8.45. The monoisotopic (exact) mass is 573 g/mol. The third-order valence-corrected chi connectivity index (χ3v) is 8.45. The number of aromatic hydroxyl groups is 1. The number of ketones is 2. The number of carbonyl (C=O) groups is 4. The molecule has 0 spiro atoms. The van der Waals surface area contributed by atoms with Gasteiger partial charge in [-0.2, -0.15) is 0 Å². The average Bonchev–Trinajstić information content (AvgIpc) is 2.88. The first kappa shape index (κ1) is 30.2. The van der Waals surface area contributed by atoms with Gasteiger partial charge in [-0.05, 0) is 39.3 Å². The Hall–Kier alpha value is -3.77. The molecule has 1 aromatic carbocycles. The molecule has 1 aromatic rings. The van der Waals surface area contributed by atoms with Crippen molar-refractivity contribution in [3.8, 4) is 5.75 Å². The molecule has 1 fully saturated rings. The van der Waals surface area contributed by atoms with E-state index in [1.807, 2.05) is 0 Å². The average molecular weight is 574 g/mol. The maximum Gasteiger partial charge on any atom is 0.255 e.